The summed E-state index contributed by atoms with van der Waals surface area (Å²) in [6, 6.07) is 13.4. The lowest BCUT2D eigenvalue weighted by Gasteiger charge is -2.13. The molecule has 0 aliphatic heterocycles. The third kappa shape index (κ3) is 4.87. The number of benzene rings is 1. The molecule has 5 aromatic heterocycles. The first-order valence-corrected chi connectivity index (χ1v) is 13.1. The zero-order chi connectivity index (χ0) is 27.8. The number of aromatic nitrogens is 7. The fourth-order valence-electron chi connectivity index (χ4n) is 5.06. The molecule has 1 unspecified atom stereocenters. The molecule has 9 nitrogen and oxygen atoms in total. The molecular weight excluding hydrogens is 519 g/mol. The summed E-state index contributed by atoms with van der Waals surface area (Å²) in [6.07, 6.45) is 14.3. The van der Waals surface area contributed by atoms with Crippen LogP contribution in [0.3, 0.4) is 0 Å². The number of anilines is 1. The second-order valence-corrected chi connectivity index (χ2v) is 9.87. The fraction of sp³-hybridized carbons (Fsp3) is 0.0968. The van der Waals surface area contributed by atoms with Crippen LogP contribution in [-0.4, -0.2) is 41.0 Å². The number of carbonyl (C=O) groups excluding carboxylic acids is 1. The molecule has 0 saturated heterocycles. The summed E-state index contributed by atoms with van der Waals surface area (Å²) in [5, 5.41) is 11.1. The molecule has 1 aliphatic rings. The summed E-state index contributed by atoms with van der Waals surface area (Å²) in [7, 11) is 0. The minimum Gasteiger partial charge on any atom is -0.335 e. The van der Waals surface area contributed by atoms with Gasteiger partial charge in [-0.2, -0.15) is 5.10 Å². The second kappa shape index (κ2) is 10.2. The number of nitrogens with zero attached hydrogens (tertiary/aromatic N) is 5. The van der Waals surface area contributed by atoms with Gasteiger partial charge in [-0.25, -0.2) is 14.4 Å². The van der Waals surface area contributed by atoms with E-state index in [2.05, 4.69) is 35.5 Å². The van der Waals surface area contributed by atoms with E-state index < -0.39 is 0 Å². The molecule has 200 valence electrons. The maximum atomic E-state index is 13.5. The van der Waals surface area contributed by atoms with Gasteiger partial charge in [0.1, 0.15) is 11.5 Å². The number of allylic oxidation sites excluding steroid dienone is 4. The third-order valence-electron chi connectivity index (χ3n) is 7.09. The molecule has 0 spiro atoms. The Bertz CT molecular complexity index is 1970. The van der Waals surface area contributed by atoms with Gasteiger partial charge in [-0.15, -0.1) is 0 Å². The molecule has 7 rings (SSSR count). The average molecular weight is 543 g/mol. The van der Waals surface area contributed by atoms with Gasteiger partial charge in [-0.05, 0) is 36.3 Å². The van der Waals surface area contributed by atoms with Crippen LogP contribution in [0.25, 0.3) is 44.7 Å². The Labute approximate surface area is 233 Å². The third-order valence-corrected chi connectivity index (χ3v) is 7.09. The molecule has 0 radical (unpaired) electrons. The van der Waals surface area contributed by atoms with Gasteiger partial charge in [0.05, 0.1) is 40.9 Å². The van der Waals surface area contributed by atoms with Crippen molar-refractivity contribution in [3.8, 4) is 22.6 Å². The van der Waals surface area contributed by atoms with Crippen molar-refractivity contribution in [3.05, 3.63) is 109 Å². The highest BCUT2D eigenvalue weighted by atomic mass is 19.1. The number of hydrogen-bond donors (Lipinski definition) is 3. The Hall–Kier alpha value is -5.51. The quantitative estimate of drug-likeness (QED) is 0.236. The molecule has 0 fully saturated rings. The minimum absolute atomic E-state index is 0.0124. The summed E-state index contributed by atoms with van der Waals surface area (Å²) in [6.45, 7) is 0. The molecule has 6 aromatic rings. The van der Waals surface area contributed by atoms with Crippen molar-refractivity contribution in [1.82, 2.24) is 35.1 Å². The molecule has 1 aromatic carbocycles. The normalized spacial score (nSPS) is 14.9. The number of amides is 1. The predicted molar refractivity (Wildman–Crippen MR) is 154 cm³/mol. The van der Waals surface area contributed by atoms with Crippen LogP contribution in [0.1, 0.15) is 23.5 Å². The monoisotopic (exact) mass is 542 g/mol. The van der Waals surface area contributed by atoms with Crippen LogP contribution in [0.15, 0.2) is 97.5 Å². The van der Waals surface area contributed by atoms with Crippen molar-refractivity contribution in [1.29, 1.82) is 0 Å². The second-order valence-electron chi connectivity index (χ2n) is 9.87. The number of hydrogen-bond acceptors (Lipinski definition) is 6. The van der Waals surface area contributed by atoms with Crippen LogP contribution in [0.5, 0.6) is 0 Å². The minimum atomic E-state index is -0.230. The van der Waals surface area contributed by atoms with E-state index in [0.29, 0.717) is 29.3 Å². The molecule has 1 amide bonds. The number of halogens is 1. The van der Waals surface area contributed by atoms with E-state index in [1.165, 1.54) is 6.08 Å². The first-order chi connectivity index (χ1) is 20.1. The van der Waals surface area contributed by atoms with Crippen molar-refractivity contribution < 1.29 is 9.18 Å². The molecule has 0 saturated carbocycles. The zero-order valence-corrected chi connectivity index (χ0v) is 21.7. The molecule has 3 N–H and O–H groups in total. The van der Waals surface area contributed by atoms with Gasteiger partial charge in [0.25, 0.3) is 0 Å². The van der Waals surface area contributed by atoms with Gasteiger partial charge < -0.3 is 10.3 Å². The van der Waals surface area contributed by atoms with Crippen molar-refractivity contribution in [2.45, 2.75) is 18.8 Å². The summed E-state index contributed by atoms with van der Waals surface area (Å²) in [5.41, 5.74) is 6.83. The van der Waals surface area contributed by atoms with Crippen LogP contribution in [0.2, 0.25) is 0 Å². The smallest absolute Gasteiger partial charge is 0.228 e. The van der Waals surface area contributed by atoms with Gasteiger partial charge >= 0.3 is 0 Å². The topological polar surface area (TPSA) is 125 Å². The Morgan fingerprint density at radius 2 is 1.88 bits per heavy atom. The maximum absolute atomic E-state index is 13.5. The van der Waals surface area contributed by atoms with Crippen LogP contribution in [0.4, 0.5) is 10.1 Å². The van der Waals surface area contributed by atoms with E-state index in [1.54, 1.807) is 37.1 Å². The van der Waals surface area contributed by atoms with E-state index in [9.17, 15) is 9.18 Å². The van der Waals surface area contributed by atoms with Crippen molar-refractivity contribution in [2.75, 3.05) is 5.32 Å². The summed E-state index contributed by atoms with van der Waals surface area (Å²) in [4.78, 5) is 34.1. The van der Waals surface area contributed by atoms with E-state index in [0.717, 1.165) is 38.7 Å². The number of carbonyl (C=O) groups is 1. The van der Waals surface area contributed by atoms with Crippen molar-refractivity contribution in [3.63, 3.8) is 0 Å². The molecular formula is C31H23FN8O. The Morgan fingerprint density at radius 1 is 1.02 bits per heavy atom. The van der Waals surface area contributed by atoms with Gasteiger partial charge in [-0.1, -0.05) is 36.4 Å². The van der Waals surface area contributed by atoms with Crippen molar-refractivity contribution >= 4 is 33.7 Å². The highest BCUT2D eigenvalue weighted by Crippen LogP contribution is 2.34. The number of fused-ring (bicyclic) bond motifs is 2. The standard InChI is InChI=1S/C31H23FN8O/c32-22-8-6-19(7-9-22)25-16-34-17-26-28(25)38-31(37-26)29-24-12-21(14-35-30(24)40-39-29)20-11-23(15-33-13-20)36-27(41)10-18-4-2-1-3-5-18/h1-6,8-9,11-17,19H,7,10H2,(H,36,41)(H,37,38)(H,35,39,40). The number of imidazole rings is 1. The average Bonchev–Trinajstić information content (AvgIpc) is 3.62. The SMILES string of the molecule is O=C(Cc1ccccc1)Nc1cncc(-c2cnc3n[nH]c(-c4nc5c(C6C=CC(F)=CC6)cncc5[nH]4)c3c2)c1. The Balaban J connectivity index is 1.19. The number of H-pyrrole nitrogens is 2. The van der Waals surface area contributed by atoms with Crippen LogP contribution in [-0.2, 0) is 11.2 Å². The summed E-state index contributed by atoms with van der Waals surface area (Å²) < 4.78 is 13.5. The van der Waals surface area contributed by atoms with Crippen molar-refractivity contribution in [2.24, 2.45) is 0 Å². The lowest BCUT2D eigenvalue weighted by Crippen LogP contribution is -2.14. The van der Waals surface area contributed by atoms with E-state index in [4.69, 9.17) is 4.98 Å². The number of aromatic amines is 2. The van der Waals surface area contributed by atoms with E-state index in [-0.39, 0.29) is 24.1 Å². The highest BCUT2D eigenvalue weighted by Gasteiger charge is 2.20. The molecule has 10 heteroatoms. The lowest BCUT2D eigenvalue weighted by molar-refractivity contribution is -0.115. The number of nitrogens with one attached hydrogen (secondary N) is 3. The summed E-state index contributed by atoms with van der Waals surface area (Å²) in [5.74, 6) is 0.231. The molecule has 41 heavy (non-hydrogen) atoms. The highest BCUT2D eigenvalue weighted by molar-refractivity contribution is 5.95. The van der Waals surface area contributed by atoms with Gasteiger partial charge in [0.2, 0.25) is 5.91 Å². The molecule has 1 aliphatic carbocycles. The van der Waals surface area contributed by atoms with Gasteiger partial charge in [-0.3, -0.25) is 19.9 Å². The van der Waals surface area contributed by atoms with Crippen LogP contribution in [0, 0.1) is 0 Å². The first kappa shape index (κ1) is 24.5. The first-order valence-electron chi connectivity index (χ1n) is 13.1. The molecule has 0 bridgehead atoms. The fourth-order valence-corrected chi connectivity index (χ4v) is 5.06. The van der Waals surface area contributed by atoms with Crippen LogP contribution < -0.4 is 5.32 Å². The Kier molecular flexibility index (Phi) is 6.12. The van der Waals surface area contributed by atoms with Gasteiger partial charge in [0.15, 0.2) is 11.5 Å². The predicted octanol–water partition coefficient (Wildman–Crippen LogP) is 6.04. The largest absolute Gasteiger partial charge is 0.335 e. The van der Waals surface area contributed by atoms with Gasteiger partial charge in [0, 0.05) is 41.2 Å². The molecule has 1 atom stereocenters. The lowest BCUT2D eigenvalue weighted by atomic mass is 9.93. The van der Waals surface area contributed by atoms with Crippen LogP contribution >= 0.6 is 0 Å². The van der Waals surface area contributed by atoms with E-state index in [1.807, 2.05) is 48.5 Å². The number of pyridine rings is 3. The zero-order valence-electron chi connectivity index (χ0n) is 21.7. The summed E-state index contributed by atoms with van der Waals surface area (Å²) >= 11 is 0. The Morgan fingerprint density at radius 3 is 2.73 bits per heavy atom. The maximum Gasteiger partial charge on any atom is 0.228 e. The van der Waals surface area contributed by atoms with E-state index >= 15 is 0 Å². The molecule has 5 heterocycles. The number of rotatable bonds is 6.